The van der Waals surface area contributed by atoms with Crippen molar-refractivity contribution in [2.75, 3.05) is 13.1 Å². The fraction of sp³-hybridized carbons (Fsp3) is 0.529. The standard InChI is InChI=1S/C17H23N3O3/c1-16(2)11-19(9-8-17(16,3)23)14(21)10-20-15(22)12-6-4-5-7-13(12)18-20/h4-7,18,23H,8-11H2,1-3H3. The minimum absolute atomic E-state index is 0.00820. The number of aromatic nitrogens is 2. The molecule has 0 radical (unpaired) electrons. The Morgan fingerprint density at radius 3 is 2.65 bits per heavy atom. The molecule has 2 aromatic rings. The Morgan fingerprint density at radius 1 is 1.30 bits per heavy atom. The van der Waals surface area contributed by atoms with E-state index in [4.69, 9.17) is 0 Å². The number of nitrogens with zero attached hydrogens (tertiary/aromatic N) is 2. The van der Waals surface area contributed by atoms with Crippen LogP contribution in [0.4, 0.5) is 0 Å². The molecule has 1 aromatic heterocycles. The number of carbonyl (C=O) groups excluding carboxylic acids is 1. The quantitative estimate of drug-likeness (QED) is 0.877. The van der Waals surface area contributed by atoms with Crippen LogP contribution in [0.2, 0.25) is 0 Å². The second-order valence-corrected chi connectivity index (χ2v) is 7.27. The summed E-state index contributed by atoms with van der Waals surface area (Å²) in [4.78, 5) is 26.6. The van der Waals surface area contributed by atoms with E-state index < -0.39 is 5.60 Å². The van der Waals surface area contributed by atoms with Crippen LogP contribution in [-0.4, -0.2) is 44.4 Å². The maximum absolute atomic E-state index is 12.6. The van der Waals surface area contributed by atoms with Crippen molar-refractivity contribution < 1.29 is 9.90 Å². The van der Waals surface area contributed by atoms with Gasteiger partial charge in [-0.25, -0.2) is 4.68 Å². The van der Waals surface area contributed by atoms with E-state index in [-0.39, 0.29) is 23.4 Å². The van der Waals surface area contributed by atoms with E-state index in [2.05, 4.69) is 5.10 Å². The van der Waals surface area contributed by atoms with E-state index in [1.165, 1.54) is 4.68 Å². The minimum Gasteiger partial charge on any atom is -0.389 e. The molecule has 2 heterocycles. The Bertz CT molecular complexity index is 801. The Kier molecular flexibility index (Phi) is 3.59. The first-order chi connectivity index (χ1) is 10.7. The zero-order valence-corrected chi connectivity index (χ0v) is 13.8. The molecule has 1 aliphatic heterocycles. The zero-order chi connectivity index (χ0) is 16.8. The molecule has 1 aliphatic rings. The lowest BCUT2D eigenvalue weighted by molar-refractivity contribution is -0.147. The number of hydrogen-bond acceptors (Lipinski definition) is 3. The monoisotopic (exact) mass is 317 g/mol. The summed E-state index contributed by atoms with van der Waals surface area (Å²) < 4.78 is 1.35. The molecule has 1 aromatic carbocycles. The van der Waals surface area contributed by atoms with Gasteiger partial charge in [-0.1, -0.05) is 26.0 Å². The van der Waals surface area contributed by atoms with E-state index in [0.29, 0.717) is 24.9 Å². The topological polar surface area (TPSA) is 78.3 Å². The summed E-state index contributed by atoms with van der Waals surface area (Å²) in [5.74, 6) is -0.109. The smallest absolute Gasteiger partial charge is 0.274 e. The second-order valence-electron chi connectivity index (χ2n) is 7.27. The normalized spacial score (nSPS) is 24.1. The summed E-state index contributed by atoms with van der Waals surface area (Å²) in [7, 11) is 0. The van der Waals surface area contributed by atoms with Crippen LogP contribution >= 0.6 is 0 Å². The highest BCUT2D eigenvalue weighted by Crippen LogP contribution is 2.38. The maximum atomic E-state index is 12.6. The van der Waals surface area contributed by atoms with Crippen LogP contribution in [-0.2, 0) is 11.3 Å². The number of benzene rings is 1. The predicted molar refractivity (Wildman–Crippen MR) is 88.2 cm³/mol. The van der Waals surface area contributed by atoms with Crippen LogP contribution in [0.25, 0.3) is 10.9 Å². The van der Waals surface area contributed by atoms with Gasteiger partial charge in [-0.2, -0.15) is 0 Å². The van der Waals surface area contributed by atoms with Crippen LogP contribution in [0.15, 0.2) is 29.1 Å². The fourth-order valence-corrected chi connectivity index (χ4v) is 3.09. The minimum atomic E-state index is -0.790. The number of para-hydroxylation sites is 1. The molecule has 124 valence electrons. The van der Waals surface area contributed by atoms with Gasteiger partial charge in [-0.3, -0.25) is 14.7 Å². The van der Waals surface area contributed by atoms with Crippen molar-refractivity contribution in [1.82, 2.24) is 14.7 Å². The Labute approximate surface area is 134 Å². The molecule has 1 atom stereocenters. The lowest BCUT2D eigenvalue weighted by Crippen LogP contribution is -2.57. The van der Waals surface area contributed by atoms with Crippen molar-refractivity contribution >= 4 is 16.8 Å². The van der Waals surface area contributed by atoms with Gasteiger partial charge in [0.2, 0.25) is 5.91 Å². The third-order valence-corrected chi connectivity index (χ3v) is 5.22. The Hall–Kier alpha value is -2.08. The molecule has 0 spiro atoms. The Balaban J connectivity index is 1.79. The van der Waals surface area contributed by atoms with Crippen molar-refractivity contribution in [3.8, 4) is 0 Å². The summed E-state index contributed by atoms with van der Waals surface area (Å²) >= 11 is 0. The highest BCUT2D eigenvalue weighted by Gasteiger charge is 2.45. The molecule has 0 aliphatic carbocycles. The first-order valence-electron chi connectivity index (χ1n) is 7.89. The van der Waals surface area contributed by atoms with Gasteiger partial charge in [0.05, 0.1) is 16.5 Å². The number of fused-ring (bicyclic) bond motifs is 1. The van der Waals surface area contributed by atoms with E-state index in [1.54, 1.807) is 17.0 Å². The van der Waals surface area contributed by atoms with E-state index in [9.17, 15) is 14.7 Å². The number of aliphatic hydroxyl groups is 1. The lowest BCUT2D eigenvalue weighted by atomic mass is 9.71. The average Bonchev–Trinajstić information content (AvgIpc) is 2.79. The van der Waals surface area contributed by atoms with Gasteiger partial charge in [-0.15, -0.1) is 0 Å². The molecule has 1 saturated heterocycles. The molecule has 1 unspecified atom stereocenters. The van der Waals surface area contributed by atoms with Gasteiger partial charge >= 0.3 is 0 Å². The molecule has 6 heteroatoms. The number of aromatic amines is 1. The molecule has 2 N–H and O–H groups in total. The Morgan fingerprint density at radius 2 is 2.00 bits per heavy atom. The number of piperidine rings is 1. The van der Waals surface area contributed by atoms with Crippen LogP contribution in [0.5, 0.6) is 0 Å². The fourth-order valence-electron chi connectivity index (χ4n) is 3.09. The third-order valence-electron chi connectivity index (χ3n) is 5.22. The molecule has 23 heavy (non-hydrogen) atoms. The van der Waals surface area contributed by atoms with Crippen molar-refractivity contribution in [1.29, 1.82) is 0 Å². The predicted octanol–water partition coefficient (Wildman–Crippen LogP) is 1.34. The number of rotatable bonds is 2. The summed E-state index contributed by atoms with van der Waals surface area (Å²) in [6.07, 6.45) is 0.535. The van der Waals surface area contributed by atoms with Gasteiger partial charge < -0.3 is 10.0 Å². The van der Waals surface area contributed by atoms with Crippen molar-refractivity contribution in [3.63, 3.8) is 0 Å². The highest BCUT2D eigenvalue weighted by atomic mass is 16.3. The number of nitrogens with one attached hydrogen (secondary N) is 1. The van der Waals surface area contributed by atoms with Crippen molar-refractivity contribution in [2.45, 2.75) is 39.3 Å². The van der Waals surface area contributed by atoms with Gasteiger partial charge in [0, 0.05) is 18.5 Å². The summed E-state index contributed by atoms with van der Waals surface area (Å²) in [5, 5.41) is 14.0. The molecule has 1 fully saturated rings. The maximum Gasteiger partial charge on any atom is 0.274 e. The number of hydrogen-bond donors (Lipinski definition) is 2. The molecule has 1 amide bonds. The van der Waals surface area contributed by atoms with Crippen molar-refractivity contribution in [2.24, 2.45) is 5.41 Å². The van der Waals surface area contributed by atoms with Gasteiger partial charge in [0.1, 0.15) is 6.54 Å². The summed E-state index contributed by atoms with van der Waals surface area (Å²) in [6, 6.07) is 7.22. The first kappa shape index (κ1) is 15.8. The number of carbonyl (C=O) groups is 1. The van der Waals surface area contributed by atoms with Crippen LogP contribution < -0.4 is 5.56 Å². The van der Waals surface area contributed by atoms with Crippen LogP contribution in [0.1, 0.15) is 27.2 Å². The van der Waals surface area contributed by atoms with Gasteiger partial charge in [0.25, 0.3) is 5.56 Å². The van der Waals surface area contributed by atoms with Crippen LogP contribution in [0.3, 0.4) is 0 Å². The zero-order valence-electron chi connectivity index (χ0n) is 13.8. The lowest BCUT2D eigenvalue weighted by Gasteiger charge is -2.48. The summed E-state index contributed by atoms with van der Waals surface area (Å²) in [6.45, 7) is 6.71. The van der Waals surface area contributed by atoms with E-state index in [0.717, 1.165) is 5.52 Å². The SMILES string of the molecule is CC1(C)CN(C(=O)Cn2[nH]c3ccccc3c2=O)CCC1(C)O. The largest absolute Gasteiger partial charge is 0.389 e. The van der Waals surface area contributed by atoms with Crippen LogP contribution in [0, 0.1) is 5.41 Å². The highest BCUT2D eigenvalue weighted by molar-refractivity contribution is 5.79. The van der Waals surface area contributed by atoms with Gasteiger partial charge in [0.15, 0.2) is 0 Å². The third kappa shape index (κ3) is 2.67. The molecular formula is C17H23N3O3. The number of amides is 1. The molecule has 6 nitrogen and oxygen atoms in total. The molecule has 3 rings (SSSR count). The molecule has 0 bridgehead atoms. The number of H-pyrrole nitrogens is 1. The number of likely N-dealkylation sites (tertiary alicyclic amines) is 1. The average molecular weight is 317 g/mol. The molecule has 0 saturated carbocycles. The second kappa shape index (κ2) is 5.23. The van der Waals surface area contributed by atoms with E-state index >= 15 is 0 Å². The van der Waals surface area contributed by atoms with E-state index in [1.807, 2.05) is 32.9 Å². The first-order valence-corrected chi connectivity index (χ1v) is 7.89. The van der Waals surface area contributed by atoms with Crippen molar-refractivity contribution in [3.05, 3.63) is 34.6 Å². The summed E-state index contributed by atoms with van der Waals surface area (Å²) in [5.41, 5.74) is -0.627. The molecular weight excluding hydrogens is 294 g/mol. The van der Waals surface area contributed by atoms with Gasteiger partial charge in [-0.05, 0) is 25.5 Å².